The minimum Gasteiger partial charge on any atom is -0.490 e. The molecule has 0 spiro atoms. The number of halogens is 1. The SMILES string of the molecule is Cc1c(Cl)cccc1S(=O)(=O)Nc1nc2cnccc2nc1OCc1ccc2c(c1)N(C)CCO2. The van der Waals surface area contributed by atoms with Crippen LogP contribution in [0.25, 0.3) is 11.0 Å². The molecule has 2 aromatic heterocycles. The second-order valence-electron chi connectivity index (χ2n) is 8.07. The van der Waals surface area contributed by atoms with Gasteiger partial charge in [0.2, 0.25) is 5.82 Å². The number of pyridine rings is 1. The highest BCUT2D eigenvalue weighted by molar-refractivity contribution is 7.92. The predicted octanol–water partition coefficient (Wildman–Crippen LogP) is 4.20. The van der Waals surface area contributed by atoms with Crippen molar-refractivity contribution in [2.45, 2.75) is 18.4 Å². The smallest absolute Gasteiger partial charge is 0.263 e. The van der Waals surface area contributed by atoms with Crippen LogP contribution in [0.3, 0.4) is 0 Å². The molecular weight excluding hydrogens is 490 g/mol. The number of nitrogens with one attached hydrogen (secondary N) is 1. The summed E-state index contributed by atoms with van der Waals surface area (Å²) in [7, 11) is -2.02. The minimum absolute atomic E-state index is 0.0386. The van der Waals surface area contributed by atoms with Crippen LogP contribution in [0.1, 0.15) is 11.1 Å². The van der Waals surface area contributed by atoms with Crippen LogP contribution in [0, 0.1) is 6.92 Å². The summed E-state index contributed by atoms with van der Waals surface area (Å²) in [5.41, 5.74) is 3.21. The third-order valence-corrected chi connectivity index (χ3v) is 7.56. The van der Waals surface area contributed by atoms with Gasteiger partial charge in [-0.2, -0.15) is 0 Å². The zero-order valence-electron chi connectivity index (χ0n) is 19.0. The summed E-state index contributed by atoms with van der Waals surface area (Å²) >= 11 is 6.15. The Morgan fingerprint density at radius 1 is 1.17 bits per heavy atom. The van der Waals surface area contributed by atoms with Crippen molar-refractivity contribution >= 4 is 44.2 Å². The molecule has 5 rings (SSSR count). The topological polar surface area (TPSA) is 107 Å². The molecule has 0 aliphatic carbocycles. The highest BCUT2D eigenvalue weighted by Gasteiger charge is 2.23. The van der Waals surface area contributed by atoms with Gasteiger partial charge in [-0.15, -0.1) is 0 Å². The van der Waals surface area contributed by atoms with E-state index in [9.17, 15) is 8.42 Å². The molecule has 1 aliphatic rings. The van der Waals surface area contributed by atoms with Crippen molar-refractivity contribution in [3.8, 4) is 11.6 Å². The number of sulfonamides is 1. The number of benzene rings is 2. The quantitative estimate of drug-likeness (QED) is 0.410. The standard InChI is InChI=1S/C24H22ClN5O4S/c1-15-17(25)4-3-5-22(15)35(31,32)29-23-24(28-18-8-9-26-13-19(18)27-23)34-14-16-6-7-21-20(12-16)30(2)10-11-33-21/h3-9,12-13H,10-11,14H2,1-2H3,(H,27,29). The van der Waals surface area contributed by atoms with Crippen molar-refractivity contribution in [1.82, 2.24) is 15.0 Å². The zero-order chi connectivity index (χ0) is 24.6. The van der Waals surface area contributed by atoms with Crippen LogP contribution < -0.4 is 19.1 Å². The Hall–Kier alpha value is -3.63. The summed E-state index contributed by atoms with van der Waals surface area (Å²) in [5, 5.41) is 0.347. The van der Waals surface area contributed by atoms with E-state index in [1.807, 2.05) is 25.2 Å². The summed E-state index contributed by atoms with van der Waals surface area (Å²) in [6, 6.07) is 12.1. The Morgan fingerprint density at radius 2 is 2.03 bits per heavy atom. The molecule has 0 amide bonds. The molecule has 180 valence electrons. The zero-order valence-corrected chi connectivity index (χ0v) is 20.6. The molecule has 0 radical (unpaired) electrons. The van der Waals surface area contributed by atoms with E-state index >= 15 is 0 Å². The lowest BCUT2D eigenvalue weighted by Crippen LogP contribution is -2.28. The molecule has 0 atom stereocenters. The van der Waals surface area contributed by atoms with Crippen molar-refractivity contribution in [2.24, 2.45) is 0 Å². The summed E-state index contributed by atoms with van der Waals surface area (Å²) in [6.45, 7) is 3.21. The average molecular weight is 512 g/mol. The molecule has 1 aliphatic heterocycles. The largest absolute Gasteiger partial charge is 0.490 e. The van der Waals surface area contributed by atoms with Crippen LogP contribution in [0.15, 0.2) is 59.8 Å². The lowest BCUT2D eigenvalue weighted by molar-refractivity contribution is 0.293. The van der Waals surface area contributed by atoms with Gasteiger partial charge in [0.05, 0.1) is 28.8 Å². The second-order valence-corrected chi connectivity index (χ2v) is 10.1. The van der Waals surface area contributed by atoms with Crippen LogP contribution in [-0.4, -0.2) is 43.6 Å². The molecule has 0 unspecified atom stereocenters. The first-order valence-corrected chi connectivity index (χ1v) is 12.7. The van der Waals surface area contributed by atoms with E-state index in [4.69, 9.17) is 21.1 Å². The van der Waals surface area contributed by atoms with Gasteiger partial charge >= 0.3 is 0 Å². The van der Waals surface area contributed by atoms with Gasteiger partial charge in [-0.25, -0.2) is 18.4 Å². The molecule has 2 aromatic carbocycles. The summed E-state index contributed by atoms with van der Waals surface area (Å²) in [6.07, 6.45) is 3.09. The highest BCUT2D eigenvalue weighted by Crippen LogP contribution is 2.33. The van der Waals surface area contributed by atoms with E-state index in [1.165, 1.54) is 12.3 Å². The van der Waals surface area contributed by atoms with E-state index in [0.717, 1.165) is 23.5 Å². The first kappa shape index (κ1) is 23.1. The lowest BCUT2D eigenvalue weighted by Gasteiger charge is -2.28. The first-order chi connectivity index (χ1) is 16.8. The Labute approximate surface area is 207 Å². The number of ether oxygens (including phenoxy) is 2. The maximum absolute atomic E-state index is 13.2. The molecule has 9 nitrogen and oxygen atoms in total. The molecular formula is C24H22ClN5O4S. The van der Waals surface area contributed by atoms with E-state index < -0.39 is 10.0 Å². The molecule has 0 saturated heterocycles. The van der Waals surface area contributed by atoms with Crippen molar-refractivity contribution in [3.05, 3.63) is 71.0 Å². The minimum atomic E-state index is -4.02. The number of likely N-dealkylation sites (N-methyl/N-ethyl adjacent to an activating group) is 1. The van der Waals surface area contributed by atoms with E-state index in [2.05, 4.69) is 24.6 Å². The van der Waals surface area contributed by atoms with Crippen molar-refractivity contribution in [2.75, 3.05) is 29.8 Å². The van der Waals surface area contributed by atoms with Crippen LogP contribution in [0.2, 0.25) is 5.02 Å². The van der Waals surface area contributed by atoms with Crippen molar-refractivity contribution in [3.63, 3.8) is 0 Å². The Morgan fingerprint density at radius 3 is 2.89 bits per heavy atom. The molecule has 0 saturated carbocycles. The maximum Gasteiger partial charge on any atom is 0.263 e. The van der Waals surface area contributed by atoms with Crippen molar-refractivity contribution in [1.29, 1.82) is 0 Å². The van der Waals surface area contributed by atoms with E-state index in [0.29, 0.717) is 28.2 Å². The molecule has 0 bridgehead atoms. The summed E-state index contributed by atoms with van der Waals surface area (Å²) in [4.78, 5) is 15.1. The molecule has 1 N–H and O–H groups in total. The van der Waals surface area contributed by atoms with Gasteiger partial charge in [0.25, 0.3) is 15.9 Å². The third kappa shape index (κ3) is 4.67. The van der Waals surface area contributed by atoms with Gasteiger partial charge < -0.3 is 14.4 Å². The van der Waals surface area contributed by atoms with Crippen LogP contribution >= 0.6 is 11.6 Å². The number of anilines is 2. The van der Waals surface area contributed by atoms with Crippen LogP contribution in [0.5, 0.6) is 11.6 Å². The number of rotatable bonds is 6. The fraction of sp³-hybridized carbons (Fsp3) is 0.208. The van der Waals surface area contributed by atoms with Gasteiger partial charge in [0.1, 0.15) is 24.5 Å². The average Bonchev–Trinajstić information content (AvgIpc) is 2.84. The maximum atomic E-state index is 13.2. The number of aromatic nitrogens is 3. The lowest BCUT2D eigenvalue weighted by atomic mass is 10.1. The Kier molecular flexibility index (Phi) is 6.08. The Bertz CT molecular complexity index is 1530. The van der Waals surface area contributed by atoms with Gasteiger partial charge in [-0.1, -0.05) is 23.7 Å². The third-order valence-electron chi connectivity index (χ3n) is 5.67. The molecule has 11 heteroatoms. The highest BCUT2D eigenvalue weighted by atomic mass is 35.5. The summed E-state index contributed by atoms with van der Waals surface area (Å²) in [5.74, 6) is 0.823. The van der Waals surface area contributed by atoms with E-state index in [1.54, 1.807) is 31.3 Å². The fourth-order valence-corrected chi connectivity index (χ4v) is 5.25. The molecule has 0 fully saturated rings. The molecule has 4 aromatic rings. The number of nitrogens with zero attached hydrogens (tertiary/aromatic N) is 4. The molecule has 3 heterocycles. The Balaban J connectivity index is 1.48. The number of hydrogen-bond acceptors (Lipinski definition) is 8. The van der Waals surface area contributed by atoms with Crippen molar-refractivity contribution < 1.29 is 17.9 Å². The van der Waals surface area contributed by atoms with Gasteiger partial charge in [0.15, 0.2) is 0 Å². The van der Waals surface area contributed by atoms with Crippen LogP contribution in [-0.2, 0) is 16.6 Å². The second kappa shape index (κ2) is 9.20. The fourth-order valence-electron chi connectivity index (χ4n) is 3.76. The predicted molar refractivity (Wildman–Crippen MR) is 134 cm³/mol. The molecule has 35 heavy (non-hydrogen) atoms. The van der Waals surface area contributed by atoms with Gasteiger partial charge in [-0.3, -0.25) is 9.71 Å². The number of hydrogen-bond donors (Lipinski definition) is 1. The van der Waals surface area contributed by atoms with Crippen LogP contribution in [0.4, 0.5) is 11.5 Å². The summed E-state index contributed by atoms with van der Waals surface area (Å²) < 4.78 is 40.6. The normalized spacial score (nSPS) is 13.3. The monoisotopic (exact) mass is 511 g/mol. The van der Waals surface area contributed by atoms with Gasteiger partial charge in [0, 0.05) is 18.3 Å². The number of fused-ring (bicyclic) bond motifs is 2. The van der Waals surface area contributed by atoms with Gasteiger partial charge in [-0.05, 0) is 48.4 Å². The first-order valence-electron chi connectivity index (χ1n) is 10.8. The van der Waals surface area contributed by atoms with E-state index in [-0.39, 0.29) is 23.2 Å².